The molecule has 1 aliphatic heterocycles. The summed E-state index contributed by atoms with van der Waals surface area (Å²) in [6, 6.07) is 9.88. The molecule has 2 aromatic heterocycles. The molecule has 1 aromatic carbocycles. The van der Waals surface area contributed by atoms with Crippen LogP contribution in [0.5, 0.6) is 0 Å². The smallest absolute Gasteiger partial charge is 0.223 e. The number of benzene rings is 1. The zero-order valence-electron chi connectivity index (χ0n) is 19.4. The van der Waals surface area contributed by atoms with Crippen molar-refractivity contribution in [2.75, 3.05) is 26.7 Å². The molecule has 8 heteroatoms. The van der Waals surface area contributed by atoms with Gasteiger partial charge in [0.1, 0.15) is 17.6 Å². The predicted molar refractivity (Wildman–Crippen MR) is 126 cm³/mol. The lowest BCUT2D eigenvalue weighted by Crippen LogP contribution is -2.33. The zero-order valence-corrected chi connectivity index (χ0v) is 19.4. The van der Waals surface area contributed by atoms with Crippen LogP contribution in [-0.2, 0) is 11.3 Å². The van der Waals surface area contributed by atoms with Crippen molar-refractivity contribution >= 4 is 5.91 Å². The summed E-state index contributed by atoms with van der Waals surface area (Å²) in [6.07, 6.45) is 3.41. The third-order valence-electron chi connectivity index (χ3n) is 6.70. The predicted octanol–water partition coefficient (Wildman–Crippen LogP) is 2.31. The summed E-state index contributed by atoms with van der Waals surface area (Å²) in [4.78, 5) is 18.3. The molecule has 3 heterocycles. The second kappa shape index (κ2) is 9.45. The van der Waals surface area contributed by atoms with E-state index in [1.54, 1.807) is 13.1 Å². The van der Waals surface area contributed by atoms with E-state index in [4.69, 9.17) is 4.52 Å². The number of carbonyl (C=O) groups excluding carboxylic acids is 1. The van der Waals surface area contributed by atoms with Crippen LogP contribution >= 0.6 is 0 Å². The maximum Gasteiger partial charge on any atom is 0.223 e. The van der Waals surface area contributed by atoms with E-state index in [-0.39, 0.29) is 5.91 Å². The highest BCUT2D eigenvalue weighted by atomic mass is 16.5. The van der Waals surface area contributed by atoms with E-state index in [1.165, 1.54) is 0 Å². The molecule has 176 valence electrons. The third-order valence-corrected chi connectivity index (χ3v) is 6.70. The summed E-state index contributed by atoms with van der Waals surface area (Å²) in [6.45, 7) is 4.59. The highest BCUT2D eigenvalue weighted by molar-refractivity contribution is 5.77. The normalized spacial score (nSPS) is 21.6. The second-order valence-electron chi connectivity index (χ2n) is 9.12. The van der Waals surface area contributed by atoms with Crippen molar-refractivity contribution in [3.8, 4) is 23.2 Å². The van der Waals surface area contributed by atoms with E-state index < -0.39 is 6.10 Å². The molecule has 1 amide bonds. The van der Waals surface area contributed by atoms with E-state index in [0.29, 0.717) is 42.3 Å². The van der Waals surface area contributed by atoms with E-state index in [1.807, 2.05) is 53.0 Å². The summed E-state index contributed by atoms with van der Waals surface area (Å²) < 4.78 is 7.39. The minimum absolute atomic E-state index is 0.243. The van der Waals surface area contributed by atoms with Crippen LogP contribution in [0.25, 0.3) is 11.3 Å². The SMILES string of the molecule is CNCCC(=O)N1C[C@@H]2C(C#Cc3ccc(-c4cc(Cn5ccnc5[C@H](C)O)no4)cc3)[C@@H]2C1. The molecule has 0 radical (unpaired) electrons. The summed E-state index contributed by atoms with van der Waals surface area (Å²) in [5, 5.41) is 17.0. The molecule has 1 aliphatic carbocycles. The van der Waals surface area contributed by atoms with Crippen molar-refractivity contribution in [3.63, 3.8) is 0 Å². The van der Waals surface area contributed by atoms with Gasteiger partial charge in [-0.1, -0.05) is 17.0 Å². The fourth-order valence-electron chi connectivity index (χ4n) is 4.74. The van der Waals surface area contributed by atoms with Gasteiger partial charge in [0, 0.05) is 61.6 Å². The Hall–Kier alpha value is -3.41. The first-order valence-electron chi connectivity index (χ1n) is 11.7. The molecular formula is C26H29N5O3. The number of fused-ring (bicyclic) bond motifs is 1. The Bertz CT molecular complexity index is 1210. The molecule has 4 atom stereocenters. The molecule has 1 saturated carbocycles. The van der Waals surface area contributed by atoms with Crippen molar-refractivity contribution in [1.82, 2.24) is 24.9 Å². The largest absolute Gasteiger partial charge is 0.385 e. The van der Waals surface area contributed by atoms with Gasteiger partial charge in [0.05, 0.1) is 6.54 Å². The molecule has 34 heavy (non-hydrogen) atoms. The molecular weight excluding hydrogens is 430 g/mol. The van der Waals surface area contributed by atoms with Crippen molar-refractivity contribution in [2.45, 2.75) is 26.0 Å². The number of aliphatic hydroxyl groups is 1. The average molecular weight is 460 g/mol. The summed E-state index contributed by atoms with van der Waals surface area (Å²) >= 11 is 0. The Morgan fingerprint density at radius 3 is 2.76 bits per heavy atom. The van der Waals surface area contributed by atoms with Crippen LogP contribution in [-0.4, -0.2) is 57.3 Å². The van der Waals surface area contributed by atoms with Crippen molar-refractivity contribution < 1.29 is 14.4 Å². The number of nitrogens with zero attached hydrogens (tertiary/aromatic N) is 4. The van der Waals surface area contributed by atoms with Gasteiger partial charge in [-0.3, -0.25) is 4.79 Å². The maximum atomic E-state index is 12.2. The van der Waals surface area contributed by atoms with Crippen molar-refractivity contribution in [1.29, 1.82) is 0 Å². The molecule has 2 aliphatic rings. The van der Waals surface area contributed by atoms with Gasteiger partial charge in [0.25, 0.3) is 0 Å². The minimum atomic E-state index is -0.644. The molecule has 1 unspecified atom stereocenters. The first kappa shape index (κ1) is 22.4. The number of piperidine rings is 1. The lowest BCUT2D eigenvalue weighted by Gasteiger charge is -2.18. The van der Waals surface area contributed by atoms with E-state index in [9.17, 15) is 9.90 Å². The number of hydrogen-bond acceptors (Lipinski definition) is 6. The molecule has 1 saturated heterocycles. The van der Waals surface area contributed by atoms with E-state index in [2.05, 4.69) is 27.3 Å². The van der Waals surface area contributed by atoms with Crippen LogP contribution in [0, 0.1) is 29.6 Å². The average Bonchev–Trinajstić information content (AvgIpc) is 3.33. The van der Waals surface area contributed by atoms with E-state index >= 15 is 0 Å². The minimum Gasteiger partial charge on any atom is -0.385 e. The molecule has 2 fully saturated rings. The van der Waals surface area contributed by atoms with Gasteiger partial charge in [-0.25, -0.2) is 4.98 Å². The Morgan fingerprint density at radius 2 is 2.06 bits per heavy atom. The summed E-state index contributed by atoms with van der Waals surface area (Å²) in [5.74, 6) is 9.71. The summed E-state index contributed by atoms with van der Waals surface area (Å²) in [5.41, 5.74) is 2.66. The molecule has 0 spiro atoms. The van der Waals surface area contributed by atoms with Crippen LogP contribution < -0.4 is 5.32 Å². The highest BCUT2D eigenvalue weighted by Crippen LogP contribution is 2.51. The number of hydrogen-bond donors (Lipinski definition) is 2. The Balaban J connectivity index is 1.16. The van der Waals surface area contributed by atoms with Gasteiger partial charge in [0.2, 0.25) is 5.91 Å². The van der Waals surface area contributed by atoms with Crippen molar-refractivity contribution in [2.24, 2.45) is 17.8 Å². The Labute approximate surface area is 199 Å². The molecule has 3 aromatic rings. The van der Waals surface area contributed by atoms with Crippen molar-refractivity contribution in [3.05, 3.63) is 59.8 Å². The topological polar surface area (TPSA) is 96.4 Å². The van der Waals surface area contributed by atoms with Crippen LogP contribution in [0.1, 0.15) is 36.5 Å². The summed E-state index contributed by atoms with van der Waals surface area (Å²) in [7, 11) is 1.87. The standard InChI is InChI=1S/C26H29N5O3/c1-17(32)26-28-11-12-30(26)14-20-13-24(34-29-20)19-6-3-18(4-7-19)5-8-21-22-15-31(16-23(21)22)25(33)9-10-27-2/h3-4,6-7,11-13,17,21-23,27,32H,9-10,14-16H2,1-2H3/t17-,21?,22-,23+/m0/s1. The lowest BCUT2D eigenvalue weighted by atomic mass is 10.1. The quantitative estimate of drug-likeness (QED) is 0.527. The fourth-order valence-corrected chi connectivity index (χ4v) is 4.74. The Morgan fingerprint density at radius 1 is 1.29 bits per heavy atom. The number of aromatic nitrogens is 3. The fraction of sp³-hybridized carbons (Fsp3) is 0.423. The number of likely N-dealkylation sites (tertiary alicyclic amines) is 1. The van der Waals surface area contributed by atoms with Gasteiger partial charge < -0.3 is 24.4 Å². The van der Waals surface area contributed by atoms with Gasteiger partial charge in [0.15, 0.2) is 5.76 Å². The van der Waals surface area contributed by atoms with Crippen LogP contribution in [0.3, 0.4) is 0 Å². The first-order valence-corrected chi connectivity index (χ1v) is 11.7. The van der Waals surface area contributed by atoms with Crippen LogP contribution in [0.4, 0.5) is 0 Å². The third kappa shape index (κ3) is 4.63. The number of imidazole rings is 1. The number of amides is 1. The number of carbonyl (C=O) groups is 1. The first-order chi connectivity index (χ1) is 16.5. The monoisotopic (exact) mass is 459 g/mol. The van der Waals surface area contributed by atoms with Crippen LogP contribution in [0.15, 0.2) is 47.2 Å². The van der Waals surface area contributed by atoms with Gasteiger partial charge in [-0.2, -0.15) is 0 Å². The molecule has 8 nitrogen and oxygen atoms in total. The molecule has 0 bridgehead atoms. The maximum absolute atomic E-state index is 12.2. The highest BCUT2D eigenvalue weighted by Gasteiger charge is 2.55. The molecule has 2 N–H and O–H groups in total. The Kier molecular flexibility index (Phi) is 6.22. The second-order valence-corrected chi connectivity index (χ2v) is 9.12. The van der Waals surface area contributed by atoms with E-state index in [0.717, 1.165) is 36.5 Å². The van der Waals surface area contributed by atoms with Gasteiger partial charge >= 0.3 is 0 Å². The van der Waals surface area contributed by atoms with Crippen LogP contribution in [0.2, 0.25) is 0 Å². The number of aliphatic hydroxyl groups excluding tert-OH is 1. The van der Waals surface area contributed by atoms with Gasteiger partial charge in [-0.05, 0) is 50.1 Å². The number of rotatable bonds is 7. The number of nitrogens with one attached hydrogen (secondary N) is 1. The zero-order chi connectivity index (χ0) is 23.7. The molecule has 5 rings (SSSR count). The lowest BCUT2D eigenvalue weighted by molar-refractivity contribution is -0.130. The van der Waals surface area contributed by atoms with Gasteiger partial charge in [-0.15, -0.1) is 0 Å².